The molecule has 106 valence electrons. The first-order valence-corrected chi connectivity index (χ1v) is 6.24. The van der Waals surface area contributed by atoms with Crippen molar-refractivity contribution in [3.63, 3.8) is 0 Å². The second-order valence-corrected chi connectivity index (χ2v) is 4.73. The van der Waals surface area contributed by atoms with Crippen molar-refractivity contribution in [3.8, 4) is 0 Å². The largest absolute Gasteiger partial charge is 0.271 e. The summed E-state index contributed by atoms with van der Waals surface area (Å²) < 4.78 is 39.7. The molecule has 0 heterocycles. The molecular weight excluding hydrogens is 289 g/mol. The van der Waals surface area contributed by atoms with E-state index in [1.807, 2.05) is 0 Å². The van der Waals surface area contributed by atoms with E-state index in [2.05, 4.69) is 5.43 Å². The summed E-state index contributed by atoms with van der Waals surface area (Å²) in [6.07, 6.45) is 0.117. The Morgan fingerprint density at radius 1 is 1.05 bits per heavy atom. The summed E-state index contributed by atoms with van der Waals surface area (Å²) in [6, 6.07) is 6.53. The Hall–Kier alpha value is -1.56. The lowest BCUT2D eigenvalue weighted by Gasteiger charge is -2.18. The zero-order valence-electron chi connectivity index (χ0n) is 10.3. The van der Waals surface area contributed by atoms with Crippen LogP contribution in [0, 0.1) is 17.5 Å². The van der Waals surface area contributed by atoms with Gasteiger partial charge >= 0.3 is 0 Å². The molecule has 6 heteroatoms. The number of benzene rings is 2. The van der Waals surface area contributed by atoms with E-state index < -0.39 is 23.5 Å². The Labute approximate surface area is 119 Å². The van der Waals surface area contributed by atoms with E-state index >= 15 is 0 Å². The Bertz CT molecular complexity index is 619. The molecule has 2 rings (SSSR count). The van der Waals surface area contributed by atoms with Gasteiger partial charge in [-0.2, -0.15) is 0 Å². The molecule has 20 heavy (non-hydrogen) atoms. The maximum Gasteiger partial charge on any atom is 0.129 e. The third kappa shape index (κ3) is 3.30. The molecule has 3 N–H and O–H groups in total. The SMILES string of the molecule is NNC(Cc1ccc(F)cc1F)c1cc(F)ccc1Cl. The van der Waals surface area contributed by atoms with Crippen molar-refractivity contribution in [2.24, 2.45) is 5.84 Å². The van der Waals surface area contributed by atoms with Crippen LogP contribution in [0.4, 0.5) is 13.2 Å². The summed E-state index contributed by atoms with van der Waals surface area (Å²) in [4.78, 5) is 0. The molecule has 0 radical (unpaired) electrons. The zero-order valence-corrected chi connectivity index (χ0v) is 11.1. The molecule has 0 saturated carbocycles. The molecular formula is C14H12ClF3N2. The normalized spacial score (nSPS) is 12.4. The highest BCUT2D eigenvalue weighted by atomic mass is 35.5. The monoisotopic (exact) mass is 300 g/mol. The van der Waals surface area contributed by atoms with Crippen molar-refractivity contribution in [3.05, 3.63) is 70.0 Å². The average molecular weight is 301 g/mol. The highest BCUT2D eigenvalue weighted by Crippen LogP contribution is 2.27. The molecule has 0 aromatic heterocycles. The van der Waals surface area contributed by atoms with Crippen molar-refractivity contribution in [2.45, 2.75) is 12.5 Å². The number of halogens is 4. The molecule has 0 bridgehead atoms. The summed E-state index contributed by atoms with van der Waals surface area (Å²) in [5.41, 5.74) is 3.14. The molecule has 2 aromatic rings. The van der Waals surface area contributed by atoms with E-state index in [0.29, 0.717) is 10.6 Å². The van der Waals surface area contributed by atoms with Crippen molar-refractivity contribution >= 4 is 11.6 Å². The minimum Gasteiger partial charge on any atom is -0.271 e. The Balaban J connectivity index is 2.31. The van der Waals surface area contributed by atoms with Crippen LogP contribution in [0.5, 0.6) is 0 Å². The van der Waals surface area contributed by atoms with Crippen LogP contribution < -0.4 is 11.3 Å². The minimum absolute atomic E-state index is 0.117. The number of nitrogens with one attached hydrogen (secondary N) is 1. The topological polar surface area (TPSA) is 38.0 Å². The predicted octanol–water partition coefficient (Wildman–Crippen LogP) is 3.50. The third-order valence-corrected chi connectivity index (χ3v) is 3.32. The maximum absolute atomic E-state index is 13.6. The fourth-order valence-corrected chi connectivity index (χ4v) is 2.20. The van der Waals surface area contributed by atoms with Gasteiger partial charge < -0.3 is 0 Å². The number of hydrazine groups is 1. The van der Waals surface area contributed by atoms with Crippen molar-refractivity contribution < 1.29 is 13.2 Å². The molecule has 0 fully saturated rings. The van der Waals surface area contributed by atoms with E-state index in [9.17, 15) is 13.2 Å². The van der Waals surface area contributed by atoms with Gasteiger partial charge in [0.15, 0.2) is 0 Å². The number of hydrogen-bond acceptors (Lipinski definition) is 2. The Morgan fingerprint density at radius 3 is 2.35 bits per heavy atom. The van der Waals surface area contributed by atoms with Crippen molar-refractivity contribution in [2.75, 3.05) is 0 Å². The van der Waals surface area contributed by atoms with E-state index in [4.69, 9.17) is 17.4 Å². The molecule has 1 unspecified atom stereocenters. The Morgan fingerprint density at radius 2 is 1.70 bits per heavy atom. The first kappa shape index (κ1) is 14.8. The van der Waals surface area contributed by atoms with Crippen LogP contribution in [-0.4, -0.2) is 0 Å². The van der Waals surface area contributed by atoms with Crippen LogP contribution in [0.3, 0.4) is 0 Å². The van der Waals surface area contributed by atoms with Crippen LogP contribution in [0.1, 0.15) is 17.2 Å². The van der Waals surface area contributed by atoms with Gasteiger partial charge in [-0.05, 0) is 41.8 Å². The number of rotatable bonds is 4. The molecule has 0 aliphatic rings. The van der Waals surface area contributed by atoms with E-state index in [-0.39, 0.29) is 12.0 Å². The molecule has 0 saturated heterocycles. The highest BCUT2D eigenvalue weighted by Gasteiger charge is 2.17. The van der Waals surface area contributed by atoms with Gasteiger partial charge in [-0.1, -0.05) is 17.7 Å². The highest BCUT2D eigenvalue weighted by molar-refractivity contribution is 6.31. The second-order valence-electron chi connectivity index (χ2n) is 4.32. The molecule has 2 aromatic carbocycles. The van der Waals surface area contributed by atoms with Crippen LogP contribution in [0.2, 0.25) is 5.02 Å². The van der Waals surface area contributed by atoms with Gasteiger partial charge in [0.05, 0.1) is 6.04 Å². The van der Waals surface area contributed by atoms with Gasteiger partial charge in [-0.25, -0.2) is 13.2 Å². The summed E-state index contributed by atoms with van der Waals surface area (Å²) >= 11 is 5.98. The molecule has 0 aliphatic heterocycles. The van der Waals surface area contributed by atoms with Crippen molar-refractivity contribution in [1.82, 2.24) is 5.43 Å². The van der Waals surface area contributed by atoms with Crippen molar-refractivity contribution in [1.29, 1.82) is 0 Å². The van der Waals surface area contributed by atoms with E-state index in [0.717, 1.165) is 12.1 Å². The fourth-order valence-electron chi connectivity index (χ4n) is 1.95. The maximum atomic E-state index is 13.6. The average Bonchev–Trinajstić information content (AvgIpc) is 2.41. The smallest absolute Gasteiger partial charge is 0.129 e. The molecule has 0 amide bonds. The fraction of sp³-hybridized carbons (Fsp3) is 0.143. The van der Waals surface area contributed by atoms with Gasteiger partial charge in [-0.15, -0.1) is 0 Å². The standard InChI is InChI=1S/C14H12ClF3N2/c15-12-4-3-9(16)6-11(12)14(20-19)5-8-1-2-10(17)7-13(8)18/h1-4,6-7,14,20H,5,19H2. The molecule has 0 aliphatic carbocycles. The van der Waals surface area contributed by atoms with Crippen LogP contribution >= 0.6 is 11.6 Å². The van der Waals surface area contributed by atoms with Crippen LogP contribution in [0.15, 0.2) is 36.4 Å². The van der Waals surface area contributed by atoms with E-state index in [1.165, 1.54) is 24.3 Å². The van der Waals surface area contributed by atoms with E-state index in [1.54, 1.807) is 0 Å². The number of hydrogen-bond donors (Lipinski definition) is 2. The third-order valence-electron chi connectivity index (χ3n) is 2.97. The summed E-state index contributed by atoms with van der Waals surface area (Å²) in [5.74, 6) is 3.61. The quantitative estimate of drug-likeness (QED) is 0.670. The lowest BCUT2D eigenvalue weighted by atomic mass is 9.99. The first-order valence-electron chi connectivity index (χ1n) is 5.86. The molecule has 2 nitrogen and oxygen atoms in total. The predicted molar refractivity (Wildman–Crippen MR) is 71.5 cm³/mol. The first-order chi connectivity index (χ1) is 9.51. The summed E-state index contributed by atoms with van der Waals surface area (Å²) in [5, 5.41) is 0.317. The van der Waals surface area contributed by atoms with Gasteiger partial charge in [0.2, 0.25) is 0 Å². The lowest BCUT2D eigenvalue weighted by Crippen LogP contribution is -2.30. The minimum atomic E-state index is -0.683. The molecule has 1 atom stereocenters. The zero-order chi connectivity index (χ0) is 14.7. The van der Waals surface area contributed by atoms with Crippen LogP contribution in [-0.2, 0) is 6.42 Å². The molecule has 0 spiro atoms. The van der Waals surface area contributed by atoms with Gasteiger partial charge in [0, 0.05) is 11.1 Å². The van der Waals surface area contributed by atoms with Crippen LogP contribution in [0.25, 0.3) is 0 Å². The van der Waals surface area contributed by atoms with Gasteiger partial charge in [0.1, 0.15) is 17.5 Å². The lowest BCUT2D eigenvalue weighted by molar-refractivity contribution is 0.518. The Kier molecular flexibility index (Phi) is 4.65. The number of nitrogens with two attached hydrogens (primary N) is 1. The summed E-state index contributed by atoms with van der Waals surface area (Å²) in [7, 11) is 0. The second kappa shape index (κ2) is 6.26. The van der Waals surface area contributed by atoms with Gasteiger partial charge in [-0.3, -0.25) is 11.3 Å². The van der Waals surface area contributed by atoms with Gasteiger partial charge in [0.25, 0.3) is 0 Å². The summed E-state index contributed by atoms with van der Waals surface area (Å²) in [6.45, 7) is 0.